The number of benzene rings is 2. The monoisotopic (exact) mass is 366 g/mol. The minimum Gasteiger partial charge on any atom is -0.495 e. The number of rotatable bonds is 6. The van der Waals surface area contributed by atoms with Gasteiger partial charge in [-0.15, -0.1) is 0 Å². The molecule has 0 unspecified atom stereocenters. The van der Waals surface area contributed by atoms with Crippen molar-refractivity contribution in [3.63, 3.8) is 0 Å². The fourth-order valence-corrected chi connectivity index (χ4v) is 2.44. The molecule has 0 saturated carbocycles. The summed E-state index contributed by atoms with van der Waals surface area (Å²) in [5, 5.41) is 5.83. The fourth-order valence-electron chi connectivity index (χ4n) is 2.44. The molecule has 0 radical (unpaired) electrons. The molecule has 138 valence electrons. The topological polar surface area (TPSA) is 76.1 Å². The van der Waals surface area contributed by atoms with Crippen molar-refractivity contribution in [3.05, 3.63) is 77.4 Å². The Morgan fingerprint density at radius 2 is 1.81 bits per heavy atom. The van der Waals surface area contributed by atoms with Crippen molar-refractivity contribution in [2.24, 2.45) is 0 Å². The van der Waals surface area contributed by atoms with Crippen LogP contribution in [0.25, 0.3) is 0 Å². The fraction of sp³-hybridized carbons (Fsp3) is 0.150. The lowest BCUT2D eigenvalue weighted by Gasteiger charge is -2.11. The highest BCUT2D eigenvalue weighted by Crippen LogP contribution is 2.27. The lowest BCUT2D eigenvalue weighted by Crippen LogP contribution is -2.23. The molecule has 0 fully saturated rings. The van der Waals surface area contributed by atoms with Crippen molar-refractivity contribution >= 4 is 17.5 Å². The Balaban J connectivity index is 1.63. The number of hydrogen-bond acceptors (Lipinski definition) is 5. The first-order chi connectivity index (χ1) is 13.0. The molecular weight excluding hydrogens is 347 g/mol. The van der Waals surface area contributed by atoms with E-state index < -0.39 is 0 Å². The zero-order valence-corrected chi connectivity index (χ0v) is 15.0. The van der Waals surface area contributed by atoms with Crippen molar-refractivity contribution in [2.45, 2.75) is 13.5 Å². The van der Waals surface area contributed by atoms with Crippen LogP contribution in [0.4, 0.5) is 16.0 Å². The predicted molar refractivity (Wildman–Crippen MR) is 101 cm³/mol. The first-order valence-corrected chi connectivity index (χ1v) is 8.31. The molecule has 2 aromatic carbocycles. The second-order valence-corrected chi connectivity index (χ2v) is 5.93. The van der Waals surface area contributed by atoms with Gasteiger partial charge in [0.2, 0.25) is 5.95 Å². The lowest BCUT2D eigenvalue weighted by atomic mass is 10.2. The second kappa shape index (κ2) is 8.27. The molecule has 0 spiro atoms. The van der Waals surface area contributed by atoms with E-state index in [0.29, 0.717) is 23.8 Å². The van der Waals surface area contributed by atoms with E-state index in [4.69, 9.17) is 4.74 Å². The molecule has 1 aromatic heterocycles. The van der Waals surface area contributed by atoms with Crippen LogP contribution in [0.15, 0.2) is 54.9 Å². The van der Waals surface area contributed by atoms with E-state index in [1.54, 1.807) is 19.2 Å². The number of anilines is 2. The summed E-state index contributed by atoms with van der Waals surface area (Å²) in [7, 11) is 1.59. The van der Waals surface area contributed by atoms with Crippen LogP contribution in [-0.4, -0.2) is 23.0 Å². The quantitative estimate of drug-likeness (QED) is 0.697. The third-order valence-electron chi connectivity index (χ3n) is 3.88. The van der Waals surface area contributed by atoms with Gasteiger partial charge in [-0.2, -0.15) is 0 Å². The Bertz CT molecular complexity index is 928. The van der Waals surface area contributed by atoms with Crippen LogP contribution in [0.3, 0.4) is 0 Å². The normalized spacial score (nSPS) is 10.3. The maximum Gasteiger partial charge on any atom is 0.254 e. The Morgan fingerprint density at radius 1 is 1.11 bits per heavy atom. The molecule has 2 N–H and O–H groups in total. The summed E-state index contributed by atoms with van der Waals surface area (Å²) >= 11 is 0. The predicted octanol–water partition coefficient (Wildman–Crippen LogP) is 3.61. The van der Waals surface area contributed by atoms with Crippen LogP contribution in [0, 0.1) is 12.7 Å². The molecular formula is C20H19FN4O2. The van der Waals surface area contributed by atoms with Crippen molar-refractivity contribution in [1.82, 2.24) is 15.3 Å². The van der Waals surface area contributed by atoms with Gasteiger partial charge in [-0.3, -0.25) is 4.79 Å². The van der Waals surface area contributed by atoms with Crippen LogP contribution in [-0.2, 0) is 6.54 Å². The van der Waals surface area contributed by atoms with Gasteiger partial charge in [0, 0.05) is 18.9 Å². The highest BCUT2D eigenvalue weighted by molar-refractivity contribution is 5.93. The number of carbonyl (C=O) groups excluding carboxylic acids is 1. The first kappa shape index (κ1) is 18.3. The maximum atomic E-state index is 12.9. The number of halogens is 1. The van der Waals surface area contributed by atoms with Crippen LogP contribution in [0.2, 0.25) is 0 Å². The average molecular weight is 366 g/mol. The van der Waals surface area contributed by atoms with E-state index in [2.05, 4.69) is 20.6 Å². The molecule has 0 bridgehead atoms. The highest BCUT2D eigenvalue weighted by Gasteiger charge is 2.09. The summed E-state index contributed by atoms with van der Waals surface area (Å²) in [5.41, 5.74) is 2.94. The number of nitrogens with zero attached hydrogens (tertiary/aromatic N) is 2. The van der Waals surface area contributed by atoms with E-state index in [1.165, 1.54) is 24.5 Å². The van der Waals surface area contributed by atoms with Crippen LogP contribution >= 0.6 is 0 Å². The van der Waals surface area contributed by atoms with Crippen LogP contribution in [0.5, 0.6) is 5.75 Å². The Morgan fingerprint density at radius 3 is 2.48 bits per heavy atom. The number of aryl methyl sites for hydroxylation is 1. The zero-order chi connectivity index (χ0) is 19.2. The first-order valence-electron chi connectivity index (χ1n) is 8.31. The molecule has 27 heavy (non-hydrogen) atoms. The molecule has 3 aromatic rings. The van der Waals surface area contributed by atoms with Gasteiger partial charge in [0.25, 0.3) is 5.91 Å². The number of ether oxygens (including phenoxy) is 1. The van der Waals surface area contributed by atoms with Crippen molar-refractivity contribution in [1.29, 1.82) is 0 Å². The molecule has 3 rings (SSSR count). The van der Waals surface area contributed by atoms with Gasteiger partial charge in [-0.25, -0.2) is 14.4 Å². The van der Waals surface area contributed by atoms with Gasteiger partial charge in [0.1, 0.15) is 11.6 Å². The van der Waals surface area contributed by atoms with Gasteiger partial charge >= 0.3 is 0 Å². The molecule has 0 saturated heterocycles. The number of hydrogen-bond donors (Lipinski definition) is 2. The minimum absolute atomic E-state index is 0.291. The van der Waals surface area contributed by atoms with E-state index in [9.17, 15) is 9.18 Å². The average Bonchev–Trinajstić information content (AvgIpc) is 2.68. The molecule has 0 aliphatic rings. The SMILES string of the molecule is COc1ccc(C)cc1Nc1ncc(C(=O)NCc2ccc(F)cc2)cn1. The van der Waals surface area contributed by atoms with E-state index in [-0.39, 0.29) is 11.7 Å². The van der Waals surface area contributed by atoms with Gasteiger partial charge in [-0.05, 0) is 42.3 Å². The number of nitrogens with one attached hydrogen (secondary N) is 2. The van der Waals surface area contributed by atoms with Gasteiger partial charge in [0.05, 0.1) is 18.4 Å². The molecule has 0 atom stereocenters. The lowest BCUT2D eigenvalue weighted by molar-refractivity contribution is 0.0950. The third-order valence-corrected chi connectivity index (χ3v) is 3.88. The molecule has 0 aliphatic carbocycles. The summed E-state index contributed by atoms with van der Waals surface area (Å²) in [4.78, 5) is 20.6. The number of methoxy groups -OCH3 is 1. The zero-order valence-electron chi connectivity index (χ0n) is 15.0. The Kier molecular flexibility index (Phi) is 5.61. The second-order valence-electron chi connectivity index (χ2n) is 5.93. The standard InChI is InChI=1S/C20H19FN4O2/c1-13-3-8-18(27-2)17(9-13)25-20-23-11-15(12-24-20)19(26)22-10-14-4-6-16(21)7-5-14/h3-9,11-12H,10H2,1-2H3,(H,22,26)(H,23,24,25). The molecule has 6 nitrogen and oxygen atoms in total. The van der Waals surface area contributed by atoms with Gasteiger partial charge < -0.3 is 15.4 Å². The highest BCUT2D eigenvalue weighted by atomic mass is 19.1. The minimum atomic E-state index is -0.313. The van der Waals surface area contributed by atoms with E-state index in [1.807, 2.05) is 25.1 Å². The molecule has 1 heterocycles. The summed E-state index contributed by atoms with van der Waals surface area (Å²) in [6, 6.07) is 11.7. The van der Waals surface area contributed by atoms with Crippen molar-refractivity contribution in [3.8, 4) is 5.75 Å². The largest absolute Gasteiger partial charge is 0.495 e. The van der Waals surface area contributed by atoms with E-state index in [0.717, 1.165) is 16.8 Å². The summed E-state index contributed by atoms with van der Waals surface area (Å²) in [5.74, 6) is 0.408. The summed E-state index contributed by atoms with van der Waals surface area (Å²) in [6.07, 6.45) is 2.88. The van der Waals surface area contributed by atoms with Crippen molar-refractivity contribution < 1.29 is 13.9 Å². The van der Waals surface area contributed by atoms with Crippen molar-refractivity contribution in [2.75, 3.05) is 12.4 Å². The Labute approximate surface area is 156 Å². The summed E-state index contributed by atoms with van der Waals surface area (Å²) in [6.45, 7) is 2.26. The van der Waals surface area contributed by atoms with Gasteiger partial charge in [-0.1, -0.05) is 18.2 Å². The summed E-state index contributed by atoms with van der Waals surface area (Å²) < 4.78 is 18.2. The Hall–Kier alpha value is -3.48. The number of amides is 1. The maximum absolute atomic E-state index is 12.9. The third kappa shape index (κ3) is 4.78. The molecule has 1 amide bonds. The van der Waals surface area contributed by atoms with E-state index >= 15 is 0 Å². The number of carbonyl (C=O) groups is 1. The smallest absolute Gasteiger partial charge is 0.254 e. The molecule has 7 heteroatoms. The van der Waals surface area contributed by atoms with Crippen LogP contribution < -0.4 is 15.4 Å². The van der Waals surface area contributed by atoms with Gasteiger partial charge in [0.15, 0.2) is 0 Å². The van der Waals surface area contributed by atoms with Crippen LogP contribution in [0.1, 0.15) is 21.5 Å². The number of aromatic nitrogens is 2. The molecule has 0 aliphatic heterocycles.